The molecular formula is C38H45NO6. The molecule has 3 aliphatic heterocycles. The molecule has 7 aliphatic rings. The number of hydrogen-bond donors (Lipinski definition) is 0. The summed E-state index contributed by atoms with van der Waals surface area (Å²) in [5.41, 5.74) is -2.52. The van der Waals surface area contributed by atoms with Crippen molar-refractivity contribution in [1.29, 1.82) is 0 Å². The Balaban J connectivity index is 1.53. The van der Waals surface area contributed by atoms with Crippen LogP contribution in [0, 0.1) is 63.1 Å². The summed E-state index contributed by atoms with van der Waals surface area (Å²) in [6, 6.07) is 7.62. The van der Waals surface area contributed by atoms with Gasteiger partial charge in [-0.1, -0.05) is 57.6 Å². The highest BCUT2D eigenvalue weighted by Crippen LogP contribution is 2.79. The summed E-state index contributed by atoms with van der Waals surface area (Å²) in [5, 5.41) is 0. The highest BCUT2D eigenvalue weighted by Gasteiger charge is 2.94. The molecule has 3 saturated carbocycles. The van der Waals surface area contributed by atoms with Gasteiger partial charge in [0.15, 0.2) is 5.78 Å². The van der Waals surface area contributed by atoms with Crippen LogP contribution in [0.25, 0.3) is 0 Å². The number of benzene rings is 1. The molecule has 0 radical (unpaired) electrons. The van der Waals surface area contributed by atoms with Crippen LogP contribution in [0.5, 0.6) is 5.75 Å². The number of nitrogens with zero attached hydrogens (tertiary/aromatic N) is 1. The fraction of sp³-hybridized carbons (Fsp3) is 0.605. The number of carbonyl (C=O) groups is 5. The van der Waals surface area contributed by atoms with Crippen molar-refractivity contribution in [3.8, 4) is 5.75 Å². The van der Waals surface area contributed by atoms with Gasteiger partial charge in [-0.15, -0.1) is 6.58 Å². The molecule has 7 nitrogen and oxygen atoms in total. The fourth-order valence-electron chi connectivity index (χ4n) is 12.3. The molecule has 4 fully saturated rings. The Morgan fingerprint density at radius 3 is 2.31 bits per heavy atom. The van der Waals surface area contributed by atoms with Gasteiger partial charge in [-0.2, -0.15) is 0 Å². The van der Waals surface area contributed by atoms with Gasteiger partial charge in [0.2, 0.25) is 11.8 Å². The number of carbonyl (C=O) groups excluding carboxylic acids is 5. The minimum absolute atomic E-state index is 0.00254. The van der Waals surface area contributed by atoms with E-state index in [1.54, 1.807) is 6.08 Å². The molecule has 2 bridgehead atoms. The van der Waals surface area contributed by atoms with Crippen LogP contribution in [0.3, 0.4) is 0 Å². The first kappa shape index (κ1) is 30.3. The van der Waals surface area contributed by atoms with Crippen LogP contribution in [0.2, 0.25) is 0 Å². The van der Waals surface area contributed by atoms with Crippen LogP contribution in [-0.2, 0) is 30.4 Å². The fourth-order valence-corrected chi connectivity index (χ4v) is 12.3. The number of likely N-dealkylation sites (tertiary alicyclic amines) is 1. The molecule has 0 N–H and O–H groups in total. The first-order valence-electron chi connectivity index (χ1n) is 16.6. The molecule has 4 aliphatic carbocycles. The number of imide groups is 1. The Morgan fingerprint density at radius 1 is 1.04 bits per heavy atom. The predicted octanol–water partition coefficient (Wildman–Crippen LogP) is 5.41. The first-order chi connectivity index (χ1) is 21.1. The van der Waals surface area contributed by atoms with E-state index in [2.05, 4.69) is 40.3 Å². The SMILES string of the molecule is C=CC1(C)C=C(C)C2C3C(Oc4ccc(cc4)CC45C(=O)N(CC(C)=O)C(=O)C4(C(=O)C31)C5C(C)=O)C1C(C)CC(C)CC21C. The lowest BCUT2D eigenvalue weighted by molar-refractivity contribution is -0.152. The summed E-state index contributed by atoms with van der Waals surface area (Å²) in [5.74, 6) is -2.78. The summed E-state index contributed by atoms with van der Waals surface area (Å²) in [6.45, 7) is 17.6. The van der Waals surface area contributed by atoms with E-state index in [-0.39, 0.29) is 53.0 Å². The van der Waals surface area contributed by atoms with Crippen LogP contribution in [-0.4, -0.2) is 46.7 Å². The molecule has 3 heterocycles. The Morgan fingerprint density at radius 2 is 1.71 bits per heavy atom. The summed E-state index contributed by atoms with van der Waals surface area (Å²) in [4.78, 5) is 71.8. The predicted molar refractivity (Wildman–Crippen MR) is 168 cm³/mol. The largest absolute Gasteiger partial charge is 0.490 e. The number of allylic oxidation sites excluding steroid dienone is 3. The number of piperidine rings is 1. The topological polar surface area (TPSA) is 97.8 Å². The molecule has 8 rings (SSSR count). The van der Waals surface area contributed by atoms with E-state index >= 15 is 4.79 Å². The molecule has 1 aromatic carbocycles. The summed E-state index contributed by atoms with van der Waals surface area (Å²) in [7, 11) is 0. The van der Waals surface area contributed by atoms with Crippen LogP contribution >= 0.6 is 0 Å². The van der Waals surface area contributed by atoms with Crippen molar-refractivity contribution < 1.29 is 28.7 Å². The summed E-state index contributed by atoms with van der Waals surface area (Å²) >= 11 is 0. The van der Waals surface area contributed by atoms with Crippen molar-refractivity contribution in [2.75, 3.05) is 6.54 Å². The monoisotopic (exact) mass is 611 g/mol. The zero-order valence-electron chi connectivity index (χ0n) is 27.5. The second-order valence-electron chi connectivity index (χ2n) is 16.0. The molecule has 12 atom stereocenters. The quantitative estimate of drug-likeness (QED) is 0.257. The minimum Gasteiger partial charge on any atom is -0.490 e. The third-order valence-electron chi connectivity index (χ3n) is 13.2. The number of fused-ring (bicyclic) bond motifs is 4. The van der Waals surface area contributed by atoms with Crippen molar-refractivity contribution in [2.45, 2.75) is 73.8 Å². The Bertz CT molecular complexity index is 1610. The second kappa shape index (κ2) is 9.36. The number of Topliss-reactive ketones (excluding diaryl/α,β-unsaturated/α-hetero) is 3. The number of rotatable bonds is 4. The Labute approximate surface area is 265 Å². The molecule has 45 heavy (non-hydrogen) atoms. The van der Waals surface area contributed by atoms with Crippen molar-refractivity contribution in [3.05, 3.63) is 54.1 Å². The Kier molecular flexibility index (Phi) is 6.30. The van der Waals surface area contributed by atoms with Gasteiger partial charge in [0.05, 0.1) is 17.9 Å². The van der Waals surface area contributed by atoms with Crippen molar-refractivity contribution in [3.63, 3.8) is 0 Å². The highest BCUT2D eigenvalue weighted by atomic mass is 16.5. The van der Waals surface area contributed by atoms with Crippen molar-refractivity contribution in [2.24, 2.45) is 63.1 Å². The lowest BCUT2D eigenvalue weighted by Gasteiger charge is -2.50. The molecule has 0 spiro atoms. The molecule has 1 aromatic rings. The molecule has 0 aromatic heterocycles. The minimum atomic E-state index is -1.88. The van der Waals surface area contributed by atoms with Gasteiger partial charge in [-0.05, 0) is 80.9 Å². The molecule has 12 unspecified atom stereocenters. The number of hydrogen-bond acceptors (Lipinski definition) is 6. The first-order valence-corrected chi connectivity index (χ1v) is 16.6. The maximum atomic E-state index is 15.8. The molecule has 2 amide bonds. The maximum absolute atomic E-state index is 15.8. The number of ether oxygens (including phenoxy) is 1. The number of ketones is 3. The normalized spacial score (nSPS) is 46.1. The average molecular weight is 612 g/mol. The van der Waals surface area contributed by atoms with Crippen LogP contribution < -0.4 is 4.74 Å². The lowest BCUT2D eigenvalue weighted by atomic mass is 9.53. The van der Waals surface area contributed by atoms with E-state index in [1.807, 2.05) is 31.2 Å². The van der Waals surface area contributed by atoms with Gasteiger partial charge < -0.3 is 4.74 Å². The van der Waals surface area contributed by atoms with Gasteiger partial charge in [0.25, 0.3) is 0 Å². The van der Waals surface area contributed by atoms with Gasteiger partial charge in [-0.25, -0.2) is 0 Å². The van der Waals surface area contributed by atoms with Crippen molar-refractivity contribution in [1.82, 2.24) is 4.90 Å². The summed E-state index contributed by atoms with van der Waals surface area (Å²) < 4.78 is 7.04. The average Bonchev–Trinajstić information content (AvgIpc) is 3.43. The van der Waals surface area contributed by atoms with E-state index in [1.165, 1.54) is 19.4 Å². The zero-order chi connectivity index (χ0) is 32.6. The second-order valence-corrected chi connectivity index (χ2v) is 16.0. The van der Waals surface area contributed by atoms with Gasteiger partial charge >= 0.3 is 0 Å². The van der Waals surface area contributed by atoms with E-state index < -0.39 is 46.4 Å². The van der Waals surface area contributed by atoms with E-state index in [9.17, 15) is 19.2 Å². The highest BCUT2D eigenvalue weighted by molar-refractivity contribution is 6.31. The number of amides is 2. The Hall–Kier alpha value is -3.35. The molecule has 7 heteroatoms. The summed E-state index contributed by atoms with van der Waals surface area (Å²) in [6.07, 6.45) is 5.75. The molecular weight excluding hydrogens is 566 g/mol. The van der Waals surface area contributed by atoms with Crippen molar-refractivity contribution >= 4 is 29.2 Å². The van der Waals surface area contributed by atoms with Crippen LogP contribution in [0.15, 0.2) is 48.6 Å². The van der Waals surface area contributed by atoms with E-state index in [0.29, 0.717) is 17.6 Å². The maximum Gasteiger partial charge on any atom is 0.245 e. The molecule has 1 saturated heterocycles. The van der Waals surface area contributed by atoms with E-state index in [4.69, 9.17) is 4.74 Å². The standard InChI is InChI=1S/C38H45NO6/c1-9-35(7)16-21(4)27-26-29(35)32(42)38-31(23(6)41)37(38,33(43)39(34(38)44)18-22(5)40)17-24-10-12-25(13-11-24)45-30(26)28-20(3)14-19(2)15-36(27,28)8/h9-13,16,19-20,26-31H,1,14-15,17-18H2,2-8H3. The zero-order valence-corrected chi connectivity index (χ0v) is 27.5. The smallest absolute Gasteiger partial charge is 0.245 e. The lowest BCUT2D eigenvalue weighted by Crippen LogP contribution is -2.53. The van der Waals surface area contributed by atoms with E-state index in [0.717, 1.165) is 23.3 Å². The third kappa shape index (κ3) is 3.50. The van der Waals surface area contributed by atoms with Gasteiger partial charge in [0, 0.05) is 23.2 Å². The van der Waals surface area contributed by atoms with Gasteiger partial charge in [-0.3, -0.25) is 28.9 Å². The third-order valence-corrected chi connectivity index (χ3v) is 13.2. The molecule has 238 valence electrons. The van der Waals surface area contributed by atoms with Gasteiger partial charge in [0.1, 0.15) is 28.8 Å². The van der Waals surface area contributed by atoms with Crippen LogP contribution in [0.4, 0.5) is 0 Å². The van der Waals surface area contributed by atoms with Crippen LogP contribution in [0.1, 0.15) is 66.9 Å².